The summed E-state index contributed by atoms with van der Waals surface area (Å²) >= 11 is 0. The van der Waals surface area contributed by atoms with Gasteiger partial charge >= 0.3 is 0 Å². The van der Waals surface area contributed by atoms with Crippen molar-refractivity contribution in [1.82, 2.24) is 25.4 Å². The molecule has 1 fully saturated rings. The van der Waals surface area contributed by atoms with E-state index in [0.29, 0.717) is 13.1 Å². The molecule has 0 unspecified atom stereocenters. The van der Waals surface area contributed by atoms with Crippen LogP contribution in [0.25, 0.3) is 10.9 Å². The number of rotatable bonds is 3. The largest absolute Gasteiger partial charge is 0.353 e. The predicted molar refractivity (Wildman–Crippen MR) is 108 cm³/mol. The lowest BCUT2D eigenvalue weighted by molar-refractivity contribution is -0.120. The van der Waals surface area contributed by atoms with Crippen molar-refractivity contribution in [3.8, 4) is 0 Å². The number of aromatic amines is 1. The van der Waals surface area contributed by atoms with Crippen LogP contribution in [0, 0.1) is 6.92 Å². The van der Waals surface area contributed by atoms with Crippen molar-refractivity contribution in [1.29, 1.82) is 0 Å². The third-order valence-electron chi connectivity index (χ3n) is 5.71. The average molecular weight is 376 g/mol. The zero-order valence-electron chi connectivity index (χ0n) is 16.0. The van der Waals surface area contributed by atoms with Gasteiger partial charge in [0.15, 0.2) is 0 Å². The van der Waals surface area contributed by atoms with Crippen molar-refractivity contribution >= 4 is 22.6 Å². The van der Waals surface area contributed by atoms with E-state index in [-0.39, 0.29) is 5.91 Å². The monoisotopic (exact) mass is 376 g/mol. The van der Waals surface area contributed by atoms with Gasteiger partial charge in [0, 0.05) is 61.4 Å². The molecule has 144 valence electrons. The number of hydrogen-bond acceptors (Lipinski definition) is 5. The molecule has 28 heavy (non-hydrogen) atoms. The lowest BCUT2D eigenvalue weighted by Crippen LogP contribution is -2.48. The van der Waals surface area contributed by atoms with E-state index in [1.54, 1.807) is 0 Å². The average Bonchev–Trinajstić information content (AvgIpc) is 3.16. The van der Waals surface area contributed by atoms with Gasteiger partial charge in [0.2, 0.25) is 5.91 Å². The lowest BCUT2D eigenvalue weighted by Gasteiger charge is -2.32. The van der Waals surface area contributed by atoms with Gasteiger partial charge in [0.25, 0.3) is 0 Å². The van der Waals surface area contributed by atoms with Crippen LogP contribution in [0.2, 0.25) is 0 Å². The second-order valence-corrected chi connectivity index (χ2v) is 7.72. The van der Waals surface area contributed by atoms with Crippen molar-refractivity contribution in [2.45, 2.75) is 26.4 Å². The summed E-state index contributed by atoms with van der Waals surface area (Å²) in [6.07, 6.45) is 2.91. The fraction of sp³-hybridized carbons (Fsp3) is 0.381. The fourth-order valence-electron chi connectivity index (χ4n) is 4.25. The Morgan fingerprint density at radius 1 is 1.21 bits per heavy atom. The number of H-pyrrole nitrogens is 1. The molecule has 1 saturated heterocycles. The molecule has 1 amide bonds. The van der Waals surface area contributed by atoms with E-state index in [1.807, 2.05) is 6.20 Å². The maximum atomic E-state index is 12.0. The van der Waals surface area contributed by atoms with E-state index in [1.165, 1.54) is 16.8 Å². The number of nitrogens with zero attached hydrogens (tertiary/aromatic N) is 4. The summed E-state index contributed by atoms with van der Waals surface area (Å²) < 4.78 is 0. The number of anilines is 1. The number of piperazine rings is 1. The number of benzene rings is 1. The molecule has 2 aliphatic rings. The smallest absolute Gasteiger partial charge is 0.239 e. The van der Waals surface area contributed by atoms with Crippen LogP contribution in [-0.2, 0) is 24.3 Å². The number of aromatic nitrogens is 3. The Morgan fingerprint density at radius 2 is 2.14 bits per heavy atom. The number of aryl methyl sites for hydroxylation is 1. The number of carbonyl (C=O) groups excluding carboxylic acids is 1. The summed E-state index contributed by atoms with van der Waals surface area (Å²) in [5.74, 6) is 1.000. The Hall–Kier alpha value is -2.93. The highest BCUT2D eigenvalue weighted by molar-refractivity contribution is 5.87. The third-order valence-corrected chi connectivity index (χ3v) is 5.71. The van der Waals surface area contributed by atoms with Gasteiger partial charge in [-0.25, -0.2) is 4.98 Å². The number of hydrogen-bond donors (Lipinski definition) is 2. The number of nitrogens with one attached hydrogen (secondary N) is 2. The van der Waals surface area contributed by atoms with E-state index in [2.05, 4.69) is 56.5 Å². The second kappa shape index (κ2) is 6.91. The van der Waals surface area contributed by atoms with Crippen molar-refractivity contribution in [3.05, 3.63) is 52.8 Å². The van der Waals surface area contributed by atoms with Gasteiger partial charge in [-0.2, -0.15) is 5.10 Å². The molecule has 1 aromatic carbocycles. The Balaban J connectivity index is 1.52. The summed E-state index contributed by atoms with van der Waals surface area (Å²) in [6, 6.07) is 8.54. The maximum Gasteiger partial charge on any atom is 0.239 e. The van der Waals surface area contributed by atoms with Crippen LogP contribution in [0.5, 0.6) is 0 Å². The van der Waals surface area contributed by atoms with Crippen molar-refractivity contribution in [2.24, 2.45) is 0 Å². The van der Waals surface area contributed by atoms with Crippen LogP contribution < -0.4 is 10.2 Å². The normalized spacial score (nSPS) is 17.6. The zero-order valence-corrected chi connectivity index (χ0v) is 16.0. The Morgan fingerprint density at radius 3 is 3.04 bits per heavy atom. The van der Waals surface area contributed by atoms with Crippen LogP contribution in [0.4, 0.5) is 5.82 Å². The molecule has 2 aromatic heterocycles. The van der Waals surface area contributed by atoms with Crippen LogP contribution in [0.3, 0.4) is 0 Å². The zero-order chi connectivity index (χ0) is 19.1. The van der Waals surface area contributed by atoms with Crippen molar-refractivity contribution in [2.75, 3.05) is 31.1 Å². The van der Waals surface area contributed by atoms with Crippen molar-refractivity contribution < 1.29 is 4.79 Å². The number of para-hydroxylation sites is 1. The first kappa shape index (κ1) is 17.2. The van der Waals surface area contributed by atoms with E-state index in [9.17, 15) is 4.79 Å². The van der Waals surface area contributed by atoms with E-state index in [0.717, 1.165) is 54.9 Å². The van der Waals surface area contributed by atoms with Crippen LogP contribution in [0.15, 0.2) is 30.5 Å². The molecular formula is C21H24N6O. The summed E-state index contributed by atoms with van der Waals surface area (Å²) in [5.41, 5.74) is 5.88. The van der Waals surface area contributed by atoms with Crippen LogP contribution in [-0.4, -0.2) is 52.2 Å². The number of pyridine rings is 1. The highest BCUT2D eigenvalue weighted by Crippen LogP contribution is 2.28. The minimum Gasteiger partial charge on any atom is -0.353 e. The van der Waals surface area contributed by atoms with Gasteiger partial charge in [-0.1, -0.05) is 18.2 Å². The van der Waals surface area contributed by atoms with Gasteiger partial charge in [-0.3, -0.25) is 14.8 Å². The number of carbonyl (C=O) groups is 1. The van der Waals surface area contributed by atoms with Gasteiger partial charge in [-0.15, -0.1) is 0 Å². The molecule has 0 aliphatic carbocycles. The molecular weight excluding hydrogens is 352 g/mol. The molecule has 5 rings (SSSR count). The van der Waals surface area contributed by atoms with Crippen LogP contribution in [0.1, 0.15) is 22.4 Å². The molecule has 0 bridgehead atoms. The summed E-state index contributed by atoms with van der Waals surface area (Å²) in [5, 5.41) is 11.3. The van der Waals surface area contributed by atoms with E-state index < -0.39 is 0 Å². The summed E-state index contributed by atoms with van der Waals surface area (Å²) in [6.45, 7) is 6.59. The standard InChI is InChI=1S/C21H24N6O/c1-14-3-2-4-15-9-16(11-26-7-5-18-17(12-26)10-23-25-18)21(24-20(14)15)27-8-6-22-19(28)13-27/h2-4,9-10H,5-8,11-13H2,1H3,(H,22,28)(H,23,25). The lowest BCUT2D eigenvalue weighted by atomic mass is 10.0. The molecule has 2 N–H and O–H groups in total. The topological polar surface area (TPSA) is 77.2 Å². The molecule has 3 aromatic rings. The van der Waals surface area contributed by atoms with E-state index in [4.69, 9.17) is 4.98 Å². The quantitative estimate of drug-likeness (QED) is 0.728. The minimum atomic E-state index is 0.0601. The third kappa shape index (κ3) is 3.11. The van der Waals surface area contributed by atoms with Crippen molar-refractivity contribution in [3.63, 3.8) is 0 Å². The minimum absolute atomic E-state index is 0.0601. The molecule has 2 aliphatic heterocycles. The van der Waals surface area contributed by atoms with Gasteiger partial charge < -0.3 is 10.2 Å². The SMILES string of the molecule is Cc1cccc2cc(CN3CCc4[nH]ncc4C3)c(N3CCNC(=O)C3)nc12. The summed E-state index contributed by atoms with van der Waals surface area (Å²) in [7, 11) is 0. The molecule has 4 heterocycles. The first-order valence-electron chi connectivity index (χ1n) is 9.82. The Kier molecular flexibility index (Phi) is 4.24. The highest BCUT2D eigenvalue weighted by Gasteiger charge is 2.24. The molecule has 0 spiro atoms. The maximum absolute atomic E-state index is 12.0. The van der Waals surface area contributed by atoms with Gasteiger partial charge in [0.1, 0.15) is 5.82 Å². The molecule has 7 nitrogen and oxygen atoms in total. The molecule has 0 atom stereocenters. The molecule has 0 saturated carbocycles. The Bertz CT molecular complexity index is 1040. The molecule has 0 radical (unpaired) electrons. The number of fused-ring (bicyclic) bond motifs is 2. The first-order valence-corrected chi connectivity index (χ1v) is 9.82. The second-order valence-electron chi connectivity index (χ2n) is 7.72. The van der Waals surface area contributed by atoms with E-state index >= 15 is 0 Å². The van der Waals surface area contributed by atoms with Gasteiger partial charge in [0.05, 0.1) is 18.3 Å². The first-order chi connectivity index (χ1) is 13.7. The highest BCUT2D eigenvalue weighted by atomic mass is 16.2. The summed E-state index contributed by atoms with van der Waals surface area (Å²) in [4.78, 5) is 21.6. The van der Waals surface area contributed by atoms with Gasteiger partial charge in [-0.05, 0) is 18.6 Å². The molecule has 7 heteroatoms. The fourth-order valence-corrected chi connectivity index (χ4v) is 4.25. The van der Waals surface area contributed by atoms with Crippen LogP contribution >= 0.6 is 0 Å². The Labute approximate surface area is 163 Å². The predicted octanol–water partition coefficient (Wildman–Crippen LogP) is 1.76. The number of amides is 1.